The number of ketones is 2. The fourth-order valence-electron chi connectivity index (χ4n) is 2.92. The first-order valence-corrected chi connectivity index (χ1v) is 7.17. The van der Waals surface area contributed by atoms with Crippen LogP contribution in [-0.4, -0.2) is 11.6 Å². The molecule has 2 nitrogen and oxygen atoms in total. The number of hydrogen-bond donors (Lipinski definition) is 0. The summed E-state index contributed by atoms with van der Waals surface area (Å²) < 4.78 is 0. The zero-order valence-electron chi connectivity index (χ0n) is 11.0. The molecule has 2 heteroatoms. The van der Waals surface area contributed by atoms with Crippen molar-refractivity contribution in [2.75, 3.05) is 0 Å². The van der Waals surface area contributed by atoms with Gasteiger partial charge in [0.15, 0.2) is 5.78 Å². The molecule has 0 saturated heterocycles. The molecule has 2 rings (SSSR count). The van der Waals surface area contributed by atoms with Gasteiger partial charge in [0.2, 0.25) is 0 Å². The number of carbonyl (C=O) groups excluding carboxylic acids is 2. The number of carbonyl (C=O) groups is 2. The van der Waals surface area contributed by atoms with Crippen molar-refractivity contribution in [2.45, 2.75) is 57.8 Å². The van der Waals surface area contributed by atoms with Crippen LogP contribution in [0, 0.1) is 5.92 Å². The normalized spacial score (nSPS) is 20.9. The lowest BCUT2D eigenvalue weighted by atomic mass is 9.84. The van der Waals surface area contributed by atoms with Crippen molar-refractivity contribution in [3.8, 4) is 0 Å². The molecular formula is C16H22O2. The van der Waals surface area contributed by atoms with E-state index in [1.807, 2.05) is 12.2 Å². The Hall–Kier alpha value is -1.18. The Morgan fingerprint density at radius 1 is 1.22 bits per heavy atom. The van der Waals surface area contributed by atoms with E-state index in [1.165, 1.54) is 24.8 Å². The fourth-order valence-corrected chi connectivity index (χ4v) is 2.92. The lowest BCUT2D eigenvalue weighted by molar-refractivity contribution is -0.123. The lowest BCUT2D eigenvalue weighted by Gasteiger charge is -2.20. The van der Waals surface area contributed by atoms with Crippen LogP contribution >= 0.6 is 0 Å². The van der Waals surface area contributed by atoms with E-state index < -0.39 is 0 Å². The summed E-state index contributed by atoms with van der Waals surface area (Å²) in [5.74, 6) is 0.972. The second kappa shape index (κ2) is 6.67. The Balaban J connectivity index is 1.68. The quantitative estimate of drug-likeness (QED) is 0.740. The van der Waals surface area contributed by atoms with E-state index in [0.29, 0.717) is 24.5 Å². The third-order valence-electron chi connectivity index (χ3n) is 4.00. The molecule has 2 aliphatic carbocycles. The van der Waals surface area contributed by atoms with Crippen molar-refractivity contribution in [2.24, 2.45) is 5.92 Å². The van der Waals surface area contributed by atoms with Crippen LogP contribution in [0.25, 0.3) is 0 Å². The molecule has 1 saturated carbocycles. The summed E-state index contributed by atoms with van der Waals surface area (Å²) in [5, 5.41) is 0. The highest BCUT2D eigenvalue weighted by molar-refractivity contribution is 5.93. The number of allylic oxidation sites excluding steroid dienone is 4. The predicted octanol–water partition coefficient (Wildman–Crippen LogP) is 3.76. The standard InChI is InChI=1S/C16H22O2/c17-15-10-4-6-13(12-15)7-5-11-16(18)14-8-2-1-3-9-14/h4,6,10,14H,1-3,5,7-9,11-12H2. The van der Waals surface area contributed by atoms with Gasteiger partial charge in [-0.25, -0.2) is 0 Å². The third kappa shape index (κ3) is 3.94. The first-order valence-electron chi connectivity index (χ1n) is 7.17. The molecule has 0 amide bonds. The molecule has 0 radical (unpaired) electrons. The zero-order valence-corrected chi connectivity index (χ0v) is 11.0. The van der Waals surface area contributed by atoms with Gasteiger partial charge in [0.1, 0.15) is 5.78 Å². The average Bonchev–Trinajstić information content (AvgIpc) is 2.40. The summed E-state index contributed by atoms with van der Waals surface area (Å²) in [7, 11) is 0. The van der Waals surface area contributed by atoms with E-state index in [9.17, 15) is 9.59 Å². The molecule has 0 bridgehead atoms. The van der Waals surface area contributed by atoms with Crippen LogP contribution in [0.2, 0.25) is 0 Å². The summed E-state index contributed by atoms with van der Waals surface area (Å²) >= 11 is 0. The minimum atomic E-state index is 0.186. The van der Waals surface area contributed by atoms with Gasteiger partial charge in [-0.05, 0) is 31.8 Å². The summed E-state index contributed by atoms with van der Waals surface area (Å²) in [6.45, 7) is 0. The molecular weight excluding hydrogens is 224 g/mol. The van der Waals surface area contributed by atoms with E-state index in [-0.39, 0.29) is 5.78 Å². The second-order valence-electron chi connectivity index (χ2n) is 5.48. The van der Waals surface area contributed by atoms with Crippen molar-refractivity contribution in [1.29, 1.82) is 0 Å². The Morgan fingerprint density at radius 2 is 2.00 bits per heavy atom. The number of rotatable bonds is 5. The molecule has 0 spiro atoms. The lowest BCUT2D eigenvalue weighted by Crippen LogP contribution is -2.17. The molecule has 0 unspecified atom stereocenters. The second-order valence-corrected chi connectivity index (χ2v) is 5.48. The maximum absolute atomic E-state index is 12.0. The molecule has 0 atom stereocenters. The Morgan fingerprint density at radius 3 is 2.72 bits per heavy atom. The SMILES string of the molecule is O=C1C=CC=C(CCCC(=O)C2CCCCC2)C1. The van der Waals surface area contributed by atoms with E-state index in [4.69, 9.17) is 0 Å². The van der Waals surface area contributed by atoms with Crippen molar-refractivity contribution in [1.82, 2.24) is 0 Å². The largest absolute Gasteiger partial charge is 0.299 e. The van der Waals surface area contributed by atoms with Gasteiger partial charge in [-0.2, -0.15) is 0 Å². The zero-order chi connectivity index (χ0) is 12.8. The molecule has 0 aromatic carbocycles. The van der Waals surface area contributed by atoms with Crippen LogP contribution in [0.1, 0.15) is 57.8 Å². The highest BCUT2D eigenvalue weighted by Crippen LogP contribution is 2.26. The molecule has 0 N–H and O–H groups in total. The summed E-state index contributed by atoms with van der Waals surface area (Å²) in [5.41, 5.74) is 1.18. The Bertz CT molecular complexity index is 371. The van der Waals surface area contributed by atoms with Gasteiger partial charge in [-0.15, -0.1) is 0 Å². The van der Waals surface area contributed by atoms with Crippen LogP contribution in [0.4, 0.5) is 0 Å². The van der Waals surface area contributed by atoms with Gasteiger partial charge in [0.25, 0.3) is 0 Å². The maximum Gasteiger partial charge on any atom is 0.159 e. The highest BCUT2D eigenvalue weighted by Gasteiger charge is 2.20. The topological polar surface area (TPSA) is 34.1 Å². The van der Waals surface area contributed by atoms with Crippen LogP contribution in [0.15, 0.2) is 23.8 Å². The van der Waals surface area contributed by atoms with Crippen LogP contribution in [-0.2, 0) is 9.59 Å². The van der Waals surface area contributed by atoms with Crippen molar-refractivity contribution in [3.63, 3.8) is 0 Å². The van der Waals surface area contributed by atoms with Crippen LogP contribution in [0.3, 0.4) is 0 Å². The van der Waals surface area contributed by atoms with E-state index in [1.54, 1.807) is 6.08 Å². The van der Waals surface area contributed by atoms with E-state index in [0.717, 1.165) is 25.7 Å². The van der Waals surface area contributed by atoms with Gasteiger partial charge in [-0.3, -0.25) is 9.59 Å². The minimum Gasteiger partial charge on any atom is -0.299 e. The van der Waals surface area contributed by atoms with Crippen molar-refractivity contribution >= 4 is 11.6 Å². The first kappa shape index (κ1) is 13.3. The summed E-state index contributed by atoms with van der Waals surface area (Å²) in [4.78, 5) is 23.2. The Kier molecular flexibility index (Phi) is 4.91. The van der Waals surface area contributed by atoms with E-state index in [2.05, 4.69) is 0 Å². The molecule has 2 aliphatic rings. The summed E-state index contributed by atoms with van der Waals surface area (Å²) in [6, 6.07) is 0. The Labute approximate surface area is 109 Å². The fraction of sp³-hybridized carbons (Fsp3) is 0.625. The van der Waals surface area contributed by atoms with Crippen LogP contribution < -0.4 is 0 Å². The smallest absolute Gasteiger partial charge is 0.159 e. The maximum atomic E-state index is 12.0. The molecule has 0 aliphatic heterocycles. The number of hydrogen-bond acceptors (Lipinski definition) is 2. The molecule has 1 fully saturated rings. The van der Waals surface area contributed by atoms with Gasteiger partial charge >= 0.3 is 0 Å². The van der Waals surface area contributed by atoms with Crippen molar-refractivity contribution in [3.05, 3.63) is 23.8 Å². The first-order chi connectivity index (χ1) is 8.75. The predicted molar refractivity (Wildman–Crippen MR) is 72.3 cm³/mol. The van der Waals surface area contributed by atoms with Crippen LogP contribution in [0.5, 0.6) is 0 Å². The monoisotopic (exact) mass is 246 g/mol. The molecule has 98 valence electrons. The molecule has 0 aromatic heterocycles. The average molecular weight is 246 g/mol. The van der Waals surface area contributed by atoms with Gasteiger partial charge in [0.05, 0.1) is 0 Å². The molecule has 18 heavy (non-hydrogen) atoms. The van der Waals surface area contributed by atoms with Gasteiger partial charge < -0.3 is 0 Å². The third-order valence-corrected chi connectivity index (χ3v) is 4.00. The molecule has 0 aromatic rings. The van der Waals surface area contributed by atoms with Gasteiger partial charge in [-0.1, -0.05) is 37.0 Å². The molecule has 0 heterocycles. The number of Topliss-reactive ketones (excluding diaryl/α,β-unsaturated/α-hetero) is 1. The summed E-state index contributed by atoms with van der Waals surface area (Å²) in [6.07, 6.45) is 14.5. The minimum absolute atomic E-state index is 0.186. The highest BCUT2D eigenvalue weighted by atomic mass is 16.1. The van der Waals surface area contributed by atoms with Gasteiger partial charge in [0, 0.05) is 18.8 Å². The van der Waals surface area contributed by atoms with E-state index >= 15 is 0 Å². The van der Waals surface area contributed by atoms with Crippen molar-refractivity contribution < 1.29 is 9.59 Å².